The molecule has 7 heteroatoms. The van der Waals surface area contributed by atoms with Crippen LogP contribution in [-0.2, 0) is 0 Å². The van der Waals surface area contributed by atoms with Crippen molar-refractivity contribution in [3.8, 4) is 16.3 Å². The van der Waals surface area contributed by atoms with E-state index in [0.29, 0.717) is 16.0 Å². The predicted molar refractivity (Wildman–Crippen MR) is 67.7 cm³/mol. The van der Waals surface area contributed by atoms with Crippen molar-refractivity contribution >= 4 is 22.2 Å². The summed E-state index contributed by atoms with van der Waals surface area (Å²) in [4.78, 5) is 18.1. The van der Waals surface area contributed by atoms with Gasteiger partial charge < -0.3 is 10.1 Å². The first-order chi connectivity index (χ1) is 8.65. The van der Waals surface area contributed by atoms with E-state index in [-0.39, 0.29) is 16.8 Å². The molecule has 0 aliphatic rings. The van der Waals surface area contributed by atoms with Crippen molar-refractivity contribution in [2.45, 2.75) is 6.92 Å². The van der Waals surface area contributed by atoms with Gasteiger partial charge in [-0.2, -0.15) is 0 Å². The van der Waals surface area contributed by atoms with E-state index in [0.717, 1.165) is 5.01 Å². The molecule has 0 saturated carbocycles. The average molecular weight is 260 g/mol. The fourth-order valence-electron chi connectivity index (χ4n) is 1.70. The van der Waals surface area contributed by atoms with Crippen molar-refractivity contribution in [3.05, 3.63) is 33.8 Å². The van der Waals surface area contributed by atoms with Crippen LogP contribution in [0.5, 0.6) is 5.75 Å². The first-order valence-electron chi connectivity index (χ1n) is 5.16. The van der Waals surface area contributed by atoms with E-state index in [1.165, 1.54) is 23.7 Å². The molecule has 90 valence electrons. The van der Waals surface area contributed by atoms with Crippen LogP contribution in [0.25, 0.3) is 21.5 Å². The lowest BCUT2D eigenvalue weighted by Gasteiger charge is -2.01. The maximum Gasteiger partial charge on any atom is 0.258 e. The van der Waals surface area contributed by atoms with Crippen LogP contribution in [0.3, 0.4) is 0 Å². The highest BCUT2D eigenvalue weighted by atomic mass is 32.1. The number of fused-ring (bicyclic) bond motifs is 1. The van der Waals surface area contributed by atoms with Crippen molar-refractivity contribution < 1.29 is 5.11 Å². The summed E-state index contributed by atoms with van der Waals surface area (Å²) >= 11 is 1.40. The van der Waals surface area contributed by atoms with Gasteiger partial charge in [0.25, 0.3) is 5.56 Å². The van der Waals surface area contributed by atoms with E-state index < -0.39 is 0 Å². The van der Waals surface area contributed by atoms with E-state index in [4.69, 9.17) is 0 Å². The van der Waals surface area contributed by atoms with Crippen molar-refractivity contribution in [2.24, 2.45) is 0 Å². The molecule has 6 nitrogen and oxygen atoms in total. The number of hydrogen-bond acceptors (Lipinski definition) is 6. The molecule has 0 saturated heterocycles. The van der Waals surface area contributed by atoms with Crippen molar-refractivity contribution in [1.29, 1.82) is 0 Å². The number of nitrogens with one attached hydrogen (secondary N) is 1. The van der Waals surface area contributed by atoms with Crippen LogP contribution in [0, 0.1) is 6.92 Å². The molecule has 2 heterocycles. The number of H-pyrrole nitrogens is 1. The van der Waals surface area contributed by atoms with Gasteiger partial charge in [0, 0.05) is 5.56 Å². The van der Waals surface area contributed by atoms with Crippen LogP contribution < -0.4 is 5.56 Å². The third-order valence-electron chi connectivity index (χ3n) is 2.50. The van der Waals surface area contributed by atoms with Gasteiger partial charge in [-0.3, -0.25) is 4.79 Å². The largest absolute Gasteiger partial charge is 0.506 e. The number of aryl methyl sites for hydroxylation is 1. The Kier molecular flexibility index (Phi) is 2.34. The van der Waals surface area contributed by atoms with Gasteiger partial charge >= 0.3 is 0 Å². The second kappa shape index (κ2) is 3.88. The molecule has 0 aliphatic heterocycles. The third kappa shape index (κ3) is 1.65. The number of phenols is 1. The summed E-state index contributed by atoms with van der Waals surface area (Å²) in [7, 11) is 0. The highest BCUT2D eigenvalue weighted by Crippen LogP contribution is 2.30. The van der Waals surface area contributed by atoms with Gasteiger partial charge in [-0.25, -0.2) is 4.98 Å². The number of aromatic amines is 1. The van der Waals surface area contributed by atoms with Gasteiger partial charge in [0.15, 0.2) is 0 Å². The Bertz CT molecular complexity index is 793. The van der Waals surface area contributed by atoms with E-state index >= 15 is 0 Å². The van der Waals surface area contributed by atoms with Crippen molar-refractivity contribution in [1.82, 2.24) is 20.2 Å². The highest BCUT2D eigenvalue weighted by Gasteiger charge is 2.11. The van der Waals surface area contributed by atoms with Crippen LogP contribution in [0.4, 0.5) is 0 Å². The normalized spacial score (nSPS) is 10.9. The van der Waals surface area contributed by atoms with Crippen LogP contribution in [0.1, 0.15) is 5.01 Å². The molecule has 2 aromatic heterocycles. The van der Waals surface area contributed by atoms with Crippen LogP contribution in [-0.4, -0.2) is 25.3 Å². The predicted octanol–water partition coefficient (Wildman–Crippen LogP) is 1.46. The molecule has 3 aromatic rings. The lowest BCUT2D eigenvalue weighted by molar-refractivity contribution is 0.480. The summed E-state index contributed by atoms with van der Waals surface area (Å²) in [6.07, 6.45) is 1.26. The minimum atomic E-state index is -0.293. The lowest BCUT2D eigenvalue weighted by atomic mass is 10.1. The summed E-state index contributed by atoms with van der Waals surface area (Å²) in [5, 5.41) is 19.6. The van der Waals surface area contributed by atoms with E-state index in [9.17, 15) is 9.90 Å². The average Bonchev–Trinajstić information content (AvgIpc) is 2.77. The fourth-order valence-corrected chi connectivity index (χ4v) is 2.38. The number of hydrogen-bond donors (Lipinski definition) is 2. The van der Waals surface area contributed by atoms with Gasteiger partial charge in [-0.15, -0.1) is 10.2 Å². The van der Waals surface area contributed by atoms with Crippen LogP contribution >= 0.6 is 11.3 Å². The number of aromatic nitrogens is 4. The Balaban J connectivity index is 2.33. The van der Waals surface area contributed by atoms with Gasteiger partial charge in [0.1, 0.15) is 21.3 Å². The molecule has 2 N–H and O–H groups in total. The van der Waals surface area contributed by atoms with Crippen LogP contribution in [0.15, 0.2) is 23.3 Å². The van der Waals surface area contributed by atoms with Crippen molar-refractivity contribution in [3.63, 3.8) is 0 Å². The van der Waals surface area contributed by atoms with Crippen molar-refractivity contribution in [2.75, 3.05) is 0 Å². The molecular formula is C11H8N4O2S. The Labute approximate surface area is 105 Å². The zero-order chi connectivity index (χ0) is 12.7. The second-order valence-corrected chi connectivity index (χ2v) is 4.93. The molecular weight excluding hydrogens is 252 g/mol. The quantitative estimate of drug-likeness (QED) is 0.691. The van der Waals surface area contributed by atoms with Gasteiger partial charge in [0.05, 0.1) is 11.7 Å². The zero-order valence-electron chi connectivity index (χ0n) is 9.34. The minimum absolute atomic E-state index is 0.0403. The smallest absolute Gasteiger partial charge is 0.258 e. The standard InChI is InChI=1S/C11H8N4O2S/c1-5-14-15-11(18-5)6-2-7-9(8(16)3-6)12-4-13-10(7)17/h2-4,16H,1H3,(H,12,13,17). The number of benzene rings is 1. The van der Waals surface area contributed by atoms with E-state index in [2.05, 4.69) is 20.2 Å². The first-order valence-corrected chi connectivity index (χ1v) is 5.97. The molecule has 0 amide bonds. The second-order valence-electron chi connectivity index (χ2n) is 3.75. The Morgan fingerprint density at radius 1 is 1.33 bits per heavy atom. The summed E-state index contributed by atoms with van der Waals surface area (Å²) in [6, 6.07) is 3.19. The zero-order valence-corrected chi connectivity index (χ0v) is 10.2. The number of nitrogens with zero attached hydrogens (tertiary/aromatic N) is 3. The molecule has 0 aliphatic carbocycles. The molecule has 0 bridgehead atoms. The van der Waals surface area contributed by atoms with Gasteiger partial charge in [-0.05, 0) is 19.1 Å². The summed E-state index contributed by atoms with van der Waals surface area (Å²) in [5.74, 6) is -0.0403. The van der Waals surface area contributed by atoms with Crippen LogP contribution in [0.2, 0.25) is 0 Å². The third-order valence-corrected chi connectivity index (χ3v) is 3.38. The van der Waals surface area contributed by atoms with Gasteiger partial charge in [-0.1, -0.05) is 11.3 Å². The van der Waals surface area contributed by atoms with E-state index in [1.807, 2.05) is 6.92 Å². The molecule has 0 atom stereocenters. The molecule has 0 spiro atoms. The summed E-state index contributed by atoms with van der Waals surface area (Å²) in [5.41, 5.74) is 0.645. The molecule has 3 rings (SSSR count). The topological polar surface area (TPSA) is 91.8 Å². The molecule has 18 heavy (non-hydrogen) atoms. The minimum Gasteiger partial charge on any atom is -0.506 e. The number of phenolic OH excluding ortho intramolecular Hbond substituents is 1. The Hall–Kier alpha value is -2.28. The summed E-state index contributed by atoms with van der Waals surface area (Å²) < 4.78 is 0. The Morgan fingerprint density at radius 2 is 2.17 bits per heavy atom. The highest BCUT2D eigenvalue weighted by molar-refractivity contribution is 7.14. The SMILES string of the molecule is Cc1nnc(-c2cc(O)c3nc[nH]c(=O)c3c2)s1. The summed E-state index contributed by atoms with van der Waals surface area (Å²) in [6.45, 7) is 1.84. The number of rotatable bonds is 1. The maximum atomic E-state index is 11.7. The molecule has 0 fully saturated rings. The monoisotopic (exact) mass is 260 g/mol. The van der Waals surface area contributed by atoms with E-state index in [1.54, 1.807) is 6.07 Å². The fraction of sp³-hybridized carbons (Fsp3) is 0.0909. The lowest BCUT2D eigenvalue weighted by Crippen LogP contribution is -2.06. The molecule has 0 radical (unpaired) electrons. The Morgan fingerprint density at radius 3 is 2.89 bits per heavy atom. The maximum absolute atomic E-state index is 11.7. The molecule has 1 aromatic carbocycles. The van der Waals surface area contributed by atoms with Gasteiger partial charge in [0.2, 0.25) is 0 Å². The number of aromatic hydroxyl groups is 1. The first kappa shape index (κ1) is 10.8. The molecule has 0 unspecified atom stereocenters.